The van der Waals surface area contributed by atoms with Gasteiger partial charge in [-0.15, -0.1) is 0 Å². The fraction of sp³-hybridized carbons (Fsp3) is 0.594. The molecule has 48 heavy (non-hydrogen) atoms. The lowest BCUT2D eigenvalue weighted by Gasteiger charge is -2.22. The molecule has 16 heteroatoms. The van der Waals surface area contributed by atoms with Crippen molar-refractivity contribution in [3.05, 3.63) is 42.2 Å². The number of aliphatic hydroxyl groups excluding tert-OH is 4. The summed E-state index contributed by atoms with van der Waals surface area (Å²) < 4.78 is 1.69. The van der Waals surface area contributed by atoms with Gasteiger partial charge in [-0.3, -0.25) is 4.79 Å². The van der Waals surface area contributed by atoms with Gasteiger partial charge in [0.2, 0.25) is 11.9 Å². The first-order chi connectivity index (χ1) is 23.2. The lowest BCUT2D eigenvalue weighted by atomic mass is 10.1. The summed E-state index contributed by atoms with van der Waals surface area (Å²) in [5.41, 5.74) is 1.89. The molecule has 2 aromatic heterocycles. The first-order valence-corrected chi connectivity index (χ1v) is 16.6. The Balaban J connectivity index is 1.23. The van der Waals surface area contributed by atoms with Crippen molar-refractivity contribution in [3.8, 4) is 0 Å². The van der Waals surface area contributed by atoms with Crippen LogP contribution in [0, 0.1) is 5.92 Å². The topological polar surface area (TPSA) is 213 Å². The Morgan fingerprint density at radius 3 is 2.56 bits per heavy atom. The number of rotatable bonds is 12. The van der Waals surface area contributed by atoms with E-state index in [0.717, 1.165) is 31.5 Å². The summed E-state index contributed by atoms with van der Waals surface area (Å²) in [4.78, 5) is 43.0. The number of imidazole rings is 1. The SMILES string of the molecule is CN1CC[C@@H](NC(=O)NC[C@@H]2CCN(c3nc(N[C@H](CO)Cc4ccccc4)c4ncn([C@@H]5C[C@H](NC(=O)CO)[C@@H](O)[C@H]5O)c4n3)C2)C1. The number of benzene rings is 1. The zero-order valence-electron chi connectivity index (χ0n) is 27.1. The zero-order chi connectivity index (χ0) is 33.8. The summed E-state index contributed by atoms with van der Waals surface area (Å²) in [5, 5.41) is 53.3. The fourth-order valence-electron chi connectivity index (χ4n) is 7.03. The number of likely N-dealkylation sites (N-methyl/N-ethyl adjacent to an activating group) is 1. The molecule has 2 aliphatic heterocycles. The smallest absolute Gasteiger partial charge is 0.315 e. The molecule has 1 saturated carbocycles. The van der Waals surface area contributed by atoms with Gasteiger partial charge in [0.1, 0.15) is 18.8 Å². The molecule has 0 unspecified atom stereocenters. The van der Waals surface area contributed by atoms with Crippen molar-refractivity contribution in [2.45, 2.75) is 62.1 Å². The maximum atomic E-state index is 12.6. The molecule has 6 rings (SSSR count). The largest absolute Gasteiger partial charge is 0.394 e. The van der Waals surface area contributed by atoms with Crippen LogP contribution in [0.15, 0.2) is 36.7 Å². The minimum atomic E-state index is -1.26. The van der Waals surface area contributed by atoms with Gasteiger partial charge in [0.05, 0.1) is 31.1 Å². The molecule has 0 radical (unpaired) electrons. The average Bonchev–Trinajstić information content (AvgIpc) is 3.89. The number of hydrogen-bond donors (Lipinski definition) is 8. The normalized spacial score (nSPS) is 26.6. The zero-order valence-corrected chi connectivity index (χ0v) is 27.1. The van der Waals surface area contributed by atoms with Gasteiger partial charge in [0.15, 0.2) is 17.0 Å². The minimum absolute atomic E-state index is 0.149. The van der Waals surface area contributed by atoms with E-state index in [1.54, 1.807) is 4.57 Å². The van der Waals surface area contributed by atoms with Crippen molar-refractivity contribution in [1.82, 2.24) is 40.4 Å². The van der Waals surface area contributed by atoms with E-state index in [0.29, 0.717) is 49.0 Å². The van der Waals surface area contributed by atoms with Crippen LogP contribution in [0.2, 0.25) is 0 Å². The predicted molar refractivity (Wildman–Crippen MR) is 177 cm³/mol. The Hall–Kier alpha value is -4.09. The molecule has 3 fully saturated rings. The van der Waals surface area contributed by atoms with Crippen molar-refractivity contribution in [2.75, 3.05) is 63.2 Å². The molecule has 2 saturated heterocycles. The van der Waals surface area contributed by atoms with Crippen molar-refractivity contribution in [1.29, 1.82) is 0 Å². The third-order valence-corrected chi connectivity index (χ3v) is 9.64. The van der Waals surface area contributed by atoms with Crippen molar-refractivity contribution >= 4 is 34.9 Å². The Labute approximate surface area is 278 Å². The molecule has 1 aromatic carbocycles. The van der Waals surface area contributed by atoms with Crippen LogP contribution < -0.4 is 26.2 Å². The molecule has 1 aliphatic carbocycles. The van der Waals surface area contributed by atoms with Gasteiger partial charge in [0.25, 0.3) is 0 Å². The van der Waals surface area contributed by atoms with Gasteiger partial charge in [-0.25, -0.2) is 9.78 Å². The quantitative estimate of drug-likeness (QED) is 0.115. The molecular formula is C32H46N10O6. The van der Waals surface area contributed by atoms with E-state index in [4.69, 9.17) is 9.97 Å². The third kappa shape index (κ3) is 7.63. The number of fused-ring (bicyclic) bond motifs is 1. The lowest BCUT2D eigenvalue weighted by molar-refractivity contribution is -0.125. The molecule has 0 spiro atoms. The molecule has 4 heterocycles. The minimum Gasteiger partial charge on any atom is -0.394 e. The van der Waals surface area contributed by atoms with Crippen LogP contribution >= 0.6 is 0 Å². The Bertz CT molecular complexity index is 1560. The Morgan fingerprint density at radius 1 is 1.02 bits per heavy atom. The predicted octanol–water partition coefficient (Wildman–Crippen LogP) is -1.18. The second kappa shape index (κ2) is 15.0. The molecule has 16 nitrogen and oxygen atoms in total. The second-order valence-corrected chi connectivity index (χ2v) is 13.2. The summed E-state index contributed by atoms with van der Waals surface area (Å²) in [6, 6.07) is 7.96. The third-order valence-electron chi connectivity index (χ3n) is 9.64. The number of likely N-dealkylation sites (tertiary alicyclic amines) is 1. The van der Waals surface area contributed by atoms with E-state index < -0.39 is 36.8 Å². The number of amides is 3. The number of carbonyl (C=O) groups is 2. The maximum absolute atomic E-state index is 12.6. The summed E-state index contributed by atoms with van der Waals surface area (Å²) in [5.74, 6) is 0.383. The van der Waals surface area contributed by atoms with Gasteiger partial charge in [0, 0.05) is 32.2 Å². The standard InChI is InChI=1S/C32H46N10O6/c1-40-9-8-21(15-40)36-32(48)33-13-20-7-10-41(14-20)31-38-29(35-22(16-43)11-19-5-3-2-4-6-19)26-30(39-31)42(18-34-26)24-12-23(27(46)28(24)47)37-25(45)17-44/h2-6,18,20-24,27-28,43-44,46-47H,7-17H2,1H3,(H,37,45)(H2,33,36,48)(H,35,38,39)/t20-,21+,22-,23-,24+,27+,28-/m0/s1. The molecule has 3 aliphatic rings. The molecule has 260 valence electrons. The first kappa shape index (κ1) is 33.8. The number of urea groups is 1. The number of aliphatic hydroxyl groups is 4. The van der Waals surface area contributed by atoms with E-state index in [1.165, 1.54) is 6.33 Å². The van der Waals surface area contributed by atoms with Gasteiger partial charge < -0.3 is 56.1 Å². The lowest BCUT2D eigenvalue weighted by Crippen LogP contribution is -2.44. The van der Waals surface area contributed by atoms with E-state index in [1.807, 2.05) is 42.3 Å². The number of hydrogen-bond acceptors (Lipinski definition) is 12. The van der Waals surface area contributed by atoms with Crippen LogP contribution in [-0.2, 0) is 11.2 Å². The highest BCUT2D eigenvalue weighted by atomic mass is 16.3. The monoisotopic (exact) mass is 666 g/mol. The molecule has 3 aromatic rings. The van der Waals surface area contributed by atoms with Gasteiger partial charge >= 0.3 is 6.03 Å². The number of nitrogens with zero attached hydrogens (tertiary/aromatic N) is 6. The summed E-state index contributed by atoms with van der Waals surface area (Å²) >= 11 is 0. The van der Waals surface area contributed by atoms with Crippen molar-refractivity contribution < 1.29 is 30.0 Å². The Kier molecular flexibility index (Phi) is 10.6. The highest BCUT2D eigenvalue weighted by molar-refractivity contribution is 5.85. The molecule has 7 atom stereocenters. The highest BCUT2D eigenvalue weighted by Crippen LogP contribution is 2.35. The van der Waals surface area contributed by atoms with Crippen molar-refractivity contribution in [2.24, 2.45) is 5.92 Å². The van der Waals surface area contributed by atoms with Crippen LogP contribution in [0.25, 0.3) is 11.2 Å². The number of anilines is 2. The molecule has 0 bridgehead atoms. The molecule has 3 amide bonds. The van der Waals surface area contributed by atoms with Gasteiger partial charge in [-0.05, 0) is 50.8 Å². The van der Waals surface area contributed by atoms with Crippen LogP contribution in [0.1, 0.15) is 30.9 Å². The molecule has 8 N–H and O–H groups in total. The van der Waals surface area contributed by atoms with E-state index in [2.05, 4.69) is 31.2 Å². The Morgan fingerprint density at radius 2 is 1.83 bits per heavy atom. The number of carbonyl (C=O) groups excluding carboxylic acids is 2. The summed E-state index contributed by atoms with van der Waals surface area (Å²) in [6.45, 7) is 2.70. The number of aromatic nitrogens is 4. The maximum Gasteiger partial charge on any atom is 0.315 e. The first-order valence-electron chi connectivity index (χ1n) is 16.6. The van der Waals surface area contributed by atoms with E-state index >= 15 is 0 Å². The second-order valence-electron chi connectivity index (χ2n) is 13.2. The van der Waals surface area contributed by atoms with Gasteiger partial charge in [-0.1, -0.05) is 30.3 Å². The average molecular weight is 667 g/mol. The van der Waals surface area contributed by atoms with Crippen LogP contribution in [0.4, 0.5) is 16.6 Å². The van der Waals surface area contributed by atoms with E-state index in [-0.39, 0.29) is 37.1 Å². The van der Waals surface area contributed by atoms with Gasteiger partial charge in [-0.2, -0.15) is 9.97 Å². The highest BCUT2D eigenvalue weighted by Gasteiger charge is 2.44. The molecular weight excluding hydrogens is 620 g/mol. The van der Waals surface area contributed by atoms with E-state index in [9.17, 15) is 30.0 Å². The van der Waals surface area contributed by atoms with Crippen molar-refractivity contribution in [3.63, 3.8) is 0 Å². The summed E-state index contributed by atoms with van der Waals surface area (Å²) in [6.07, 6.45) is 1.52. The van der Waals surface area contributed by atoms with Crippen LogP contribution in [-0.4, -0.2) is 140 Å². The fourth-order valence-corrected chi connectivity index (χ4v) is 7.03. The number of nitrogens with one attached hydrogen (secondary N) is 4. The van der Waals surface area contributed by atoms with Crippen LogP contribution in [0.5, 0.6) is 0 Å². The van der Waals surface area contributed by atoms with Crippen LogP contribution in [0.3, 0.4) is 0 Å². The summed E-state index contributed by atoms with van der Waals surface area (Å²) in [7, 11) is 2.04.